The number of hydrogen-bond donors (Lipinski definition) is 2. The van der Waals surface area contributed by atoms with Crippen molar-refractivity contribution in [1.82, 2.24) is 10.6 Å². The second kappa shape index (κ2) is 4.74. The summed E-state index contributed by atoms with van der Waals surface area (Å²) in [7, 11) is 0. The first-order valence-electron chi connectivity index (χ1n) is 5.48. The van der Waals surface area contributed by atoms with Gasteiger partial charge in [-0.2, -0.15) is 0 Å². The van der Waals surface area contributed by atoms with Crippen molar-refractivity contribution in [3.05, 3.63) is 34.9 Å². The highest BCUT2D eigenvalue weighted by Gasteiger charge is 2.24. The van der Waals surface area contributed by atoms with E-state index in [1.807, 2.05) is 31.2 Å². The second-order valence-corrected chi connectivity index (χ2v) is 4.54. The number of carbonyl (C=O) groups is 1. The zero-order valence-corrected chi connectivity index (χ0v) is 9.92. The Morgan fingerprint density at radius 3 is 2.75 bits per heavy atom. The molecular formula is C12H15ClN2O. The number of hydrogen-bond acceptors (Lipinski definition) is 1. The summed E-state index contributed by atoms with van der Waals surface area (Å²) in [5.74, 6) is 0. The van der Waals surface area contributed by atoms with Crippen LogP contribution in [0.3, 0.4) is 0 Å². The average molecular weight is 239 g/mol. The fourth-order valence-electron chi connectivity index (χ4n) is 1.56. The molecule has 0 bridgehead atoms. The van der Waals surface area contributed by atoms with Crippen molar-refractivity contribution in [1.29, 1.82) is 0 Å². The average Bonchev–Trinajstić information content (AvgIpc) is 3.01. The molecule has 1 atom stereocenters. The summed E-state index contributed by atoms with van der Waals surface area (Å²) in [5, 5.41) is 6.44. The monoisotopic (exact) mass is 238 g/mol. The van der Waals surface area contributed by atoms with Crippen molar-refractivity contribution in [2.24, 2.45) is 0 Å². The Bertz CT molecular complexity index is 390. The third-order valence-electron chi connectivity index (χ3n) is 2.63. The van der Waals surface area contributed by atoms with Gasteiger partial charge in [-0.25, -0.2) is 4.79 Å². The summed E-state index contributed by atoms with van der Waals surface area (Å²) in [6.45, 7) is 1.92. The van der Waals surface area contributed by atoms with Crippen LogP contribution in [-0.2, 0) is 0 Å². The number of halogens is 1. The van der Waals surface area contributed by atoms with Crippen LogP contribution in [0.25, 0.3) is 0 Å². The van der Waals surface area contributed by atoms with Crippen LogP contribution in [-0.4, -0.2) is 12.1 Å². The lowest BCUT2D eigenvalue weighted by molar-refractivity contribution is 0.237. The number of carbonyl (C=O) groups excluding carboxylic acids is 1. The third kappa shape index (κ3) is 2.89. The number of amides is 2. The first-order chi connectivity index (χ1) is 7.66. The van der Waals surface area contributed by atoms with Crippen LogP contribution in [0.5, 0.6) is 0 Å². The Morgan fingerprint density at radius 1 is 1.44 bits per heavy atom. The van der Waals surface area contributed by atoms with Gasteiger partial charge in [0.05, 0.1) is 6.04 Å². The van der Waals surface area contributed by atoms with Gasteiger partial charge in [0, 0.05) is 11.1 Å². The minimum atomic E-state index is -0.116. The maximum Gasteiger partial charge on any atom is 0.315 e. The molecule has 1 aromatic carbocycles. The fraction of sp³-hybridized carbons (Fsp3) is 0.417. The van der Waals surface area contributed by atoms with Crippen molar-refractivity contribution in [3.8, 4) is 0 Å². The van der Waals surface area contributed by atoms with Crippen LogP contribution in [0.1, 0.15) is 31.4 Å². The minimum absolute atomic E-state index is 0.0764. The van der Waals surface area contributed by atoms with Crippen LogP contribution >= 0.6 is 11.6 Å². The molecule has 86 valence electrons. The highest BCUT2D eigenvalue weighted by atomic mass is 35.5. The molecule has 2 amide bonds. The molecule has 0 spiro atoms. The lowest BCUT2D eigenvalue weighted by Crippen LogP contribution is -2.38. The molecule has 3 nitrogen and oxygen atoms in total. The van der Waals surface area contributed by atoms with Crippen molar-refractivity contribution in [2.75, 3.05) is 0 Å². The number of rotatable bonds is 3. The zero-order valence-electron chi connectivity index (χ0n) is 9.16. The van der Waals surface area contributed by atoms with E-state index in [2.05, 4.69) is 10.6 Å². The quantitative estimate of drug-likeness (QED) is 0.835. The molecule has 0 aromatic heterocycles. The summed E-state index contributed by atoms with van der Waals surface area (Å²) in [5.41, 5.74) is 0.940. The molecule has 1 aliphatic carbocycles. The van der Waals surface area contributed by atoms with E-state index >= 15 is 0 Å². The minimum Gasteiger partial charge on any atom is -0.335 e. The number of nitrogens with one attached hydrogen (secondary N) is 2. The van der Waals surface area contributed by atoms with E-state index in [-0.39, 0.29) is 12.1 Å². The van der Waals surface area contributed by atoms with Gasteiger partial charge in [-0.3, -0.25) is 0 Å². The van der Waals surface area contributed by atoms with Crippen LogP contribution < -0.4 is 10.6 Å². The Labute approximate surface area is 100 Å². The largest absolute Gasteiger partial charge is 0.335 e. The lowest BCUT2D eigenvalue weighted by atomic mass is 10.1. The van der Waals surface area contributed by atoms with Crippen molar-refractivity contribution < 1.29 is 4.79 Å². The predicted molar refractivity (Wildman–Crippen MR) is 64.6 cm³/mol. The first-order valence-corrected chi connectivity index (χ1v) is 5.86. The molecule has 0 heterocycles. The van der Waals surface area contributed by atoms with Gasteiger partial charge in [0.15, 0.2) is 0 Å². The lowest BCUT2D eigenvalue weighted by Gasteiger charge is -2.16. The van der Waals surface area contributed by atoms with E-state index in [0.29, 0.717) is 11.1 Å². The highest BCUT2D eigenvalue weighted by molar-refractivity contribution is 6.31. The smallest absolute Gasteiger partial charge is 0.315 e. The van der Waals surface area contributed by atoms with E-state index in [1.54, 1.807) is 0 Å². The molecule has 1 aromatic rings. The van der Waals surface area contributed by atoms with Gasteiger partial charge >= 0.3 is 6.03 Å². The van der Waals surface area contributed by atoms with Crippen molar-refractivity contribution in [2.45, 2.75) is 31.8 Å². The van der Waals surface area contributed by atoms with Gasteiger partial charge in [0.1, 0.15) is 0 Å². The van der Waals surface area contributed by atoms with E-state index in [4.69, 9.17) is 11.6 Å². The predicted octanol–water partition coefficient (Wildman–Crippen LogP) is 2.86. The molecule has 4 heteroatoms. The molecule has 16 heavy (non-hydrogen) atoms. The second-order valence-electron chi connectivity index (χ2n) is 4.14. The van der Waals surface area contributed by atoms with E-state index in [0.717, 1.165) is 18.4 Å². The number of benzene rings is 1. The van der Waals surface area contributed by atoms with Gasteiger partial charge in [0.2, 0.25) is 0 Å². The maximum absolute atomic E-state index is 11.5. The molecule has 1 unspecified atom stereocenters. The van der Waals surface area contributed by atoms with Gasteiger partial charge in [-0.05, 0) is 31.4 Å². The summed E-state index contributed by atoms with van der Waals surface area (Å²) in [6, 6.07) is 7.72. The molecule has 1 fully saturated rings. The Kier molecular flexibility index (Phi) is 3.34. The summed E-state index contributed by atoms with van der Waals surface area (Å²) < 4.78 is 0. The molecule has 1 aliphatic rings. The van der Waals surface area contributed by atoms with E-state index in [9.17, 15) is 4.79 Å². The van der Waals surface area contributed by atoms with Gasteiger partial charge in [0.25, 0.3) is 0 Å². The van der Waals surface area contributed by atoms with Crippen LogP contribution in [0.2, 0.25) is 5.02 Å². The standard InChI is InChI=1S/C12H15ClN2O/c1-8(10-4-2-3-5-11(10)13)14-12(16)15-9-6-7-9/h2-5,8-9H,6-7H2,1H3,(H2,14,15,16). The Balaban J connectivity index is 1.93. The van der Waals surface area contributed by atoms with Crippen molar-refractivity contribution >= 4 is 17.6 Å². The number of urea groups is 1. The fourth-order valence-corrected chi connectivity index (χ4v) is 1.85. The van der Waals surface area contributed by atoms with Crippen LogP contribution in [0.15, 0.2) is 24.3 Å². The summed E-state index contributed by atoms with van der Waals surface area (Å²) in [6.07, 6.45) is 2.18. The summed E-state index contributed by atoms with van der Waals surface area (Å²) in [4.78, 5) is 11.5. The van der Waals surface area contributed by atoms with Crippen LogP contribution in [0, 0.1) is 0 Å². The topological polar surface area (TPSA) is 41.1 Å². The van der Waals surface area contributed by atoms with E-state index in [1.165, 1.54) is 0 Å². The van der Waals surface area contributed by atoms with Crippen molar-refractivity contribution in [3.63, 3.8) is 0 Å². The Hall–Kier alpha value is -1.22. The molecule has 1 saturated carbocycles. The SMILES string of the molecule is CC(NC(=O)NC1CC1)c1ccccc1Cl. The summed E-state index contributed by atoms with van der Waals surface area (Å²) >= 11 is 6.05. The molecule has 0 radical (unpaired) electrons. The normalized spacial score (nSPS) is 16.6. The third-order valence-corrected chi connectivity index (χ3v) is 2.98. The van der Waals surface area contributed by atoms with Crippen LogP contribution in [0.4, 0.5) is 4.79 Å². The molecular weight excluding hydrogens is 224 g/mol. The van der Waals surface area contributed by atoms with Gasteiger partial charge in [-0.1, -0.05) is 29.8 Å². The molecule has 0 saturated heterocycles. The first kappa shape index (κ1) is 11.3. The van der Waals surface area contributed by atoms with Gasteiger partial charge in [-0.15, -0.1) is 0 Å². The molecule has 2 N–H and O–H groups in total. The molecule has 0 aliphatic heterocycles. The zero-order chi connectivity index (χ0) is 11.5. The highest BCUT2D eigenvalue weighted by Crippen LogP contribution is 2.22. The molecule has 2 rings (SSSR count). The van der Waals surface area contributed by atoms with Gasteiger partial charge < -0.3 is 10.6 Å². The van der Waals surface area contributed by atoms with E-state index < -0.39 is 0 Å². The Morgan fingerprint density at radius 2 is 2.12 bits per heavy atom. The maximum atomic E-state index is 11.5.